The molecule has 0 bridgehead atoms. The van der Waals surface area contributed by atoms with E-state index in [2.05, 4.69) is 15.3 Å². The van der Waals surface area contributed by atoms with Gasteiger partial charge in [0.05, 0.1) is 5.92 Å². The van der Waals surface area contributed by atoms with Gasteiger partial charge in [0.15, 0.2) is 0 Å². The topological polar surface area (TPSA) is 118 Å². The Morgan fingerprint density at radius 3 is 2.71 bits per heavy atom. The lowest BCUT2D eigenvalue weighted by Gasteiger charge is -2.29. The number of likely N-dealkylation sites (tertiary alicyclic amines) is 1. The maximum atomic E-state index is 12.1. The number of benzene rings is 1. The van der Waals surface area contributed by atoms with Crippen molar-refractivity contribution in [2.75, 3.05) is 18.4 Å². The van der Waals surface area contributed by atoms with Gasteiger partial charge in [0.25, 0.3) is 0 Å². The van der Waals surface area contributed by atoms with Gasteiger partial charge < -0.3 is 15.3 Å². The van der Waals surface area contributed by atoms with Crippen LogP contribution in [0.25, 0.3) is 10.4 Å². The van der Waals surface area contributed by atoms with E-state index in [-0.39, 0.29) is 18.4 Å². The lowest BCUT2D eigenvalue weighted by Crippen LogP contribution is -2.43. The van der Waals surface area contributed by atoms with Crippen LogP contribution in [0.15, 0.2) is 29.4 Å². The zero-order valence-electron chi connectivity index (χ0n) is 11.3. The predicted molar refractivity (Wildman–Crippen MR) is 76.2 cm³/mol. The van der Waals surface area contributed by atoms with Crippen molar-refractivity contribution in [3.8, 4) is 0 Å². The van der Waals surface area contributed by atoms with Crippen LogP contribution in [0, 0.1) is 5.92 Å². The van der Waals surface area contributed by atoms with Gasteiger partial charge in [0, 0.05) is 29.4 Å². The average Bonchev–Trinajstić information content (AvgIpc) is 2.49. The monoisotopic (exact) mass is 289 g/mol. The number of carboxylic acid groups (broad SMARTS) is 1. The molecule has 1 unspecified atom stereocenters. The third-order valence-electron chi connectivity index (χ3n) is 3.36. The number of rotatable bonds is 3. The van der Waals surface area contributed by atoms with Crippen molar-refractivity contribution in [2.24, 2.45) is 11.0 Å². The number of hydrogen-bond donors (Lipinski definition) is 2. The molecule has 1 atom stereocenters. The van der Waals surface area contributed by atoms with Crippen LogP contribution in [0.1, 0.15) is 12.8 Å². The van der Waals surface area contributed by atoms with E-state index in [1.54, 1.807) is 24.3 Å². The standard InChI is InChI=1S/C13H15N5O3/c14-17-16-11-5-3-10(4-6-11)15-12(19)9-2-1-7-18(8-9)13(20)21/h3-6,9H,1-2,7-8H2,(H,15,19)(H,20,21). The SMILES string of the molecule is [N-]=[N+]=Nc1ccc(NC(=O)C2CCCN(C(=O)O)C2)cc1. The Morgan fingerprint density at radius 2 is 2.10 bits per heavy atom. The van der Waals surface area contributed by atoms with Crippen molar-refractivity contribution in [3.05, 3.63) is 34.7 Å². The molecule has 0 aliphatic carbocycles. The lowest BCUT2D eigenvalue weighted by atomic mass is 9.97. The molecule has 1 heterocycles. The zero-order valence-corrected chi connectivity index (χ0v) is 11.3. The first-order valence-electron chi connectivity index (χ1n) is 6.54. The Labute approximate surface area is 121 Å². The highest BCUT2D eigenvalue weighted by atomic mass is 16.4. The van der Waals surface area contributed by atoms with Crippen molar-refractivity contribution in [1.82, 2.24) is 4.90 Å². The minimum Gasteiger partial charge on any atom is -0.465 e. The number of nitrogens with zero attached hydrogens (tertiary/aromatic N) is 4. The summed E-state index contributed by atoms with van der Waals surface area (Å²) in [5, 5.41) is 15.2. The largest absolute Gasteiger partial charge is 0.465 e. The van der Waals surface area contributed by atoms with E-state index in [0.29, 0.717) is 30.8 Å². The Balaban J connectivity index is 1.97. The van der Waals surface area contributed by atoms with Gasteiger partial charge in [0.1, 0.15) is 0 Å². The summed E-state index contributed by atoms with van der Waals surface area (Å²) >= 11 is 0. The minimum atomic E-state index is -0.994. The van der Waals surface area contributed by atoms with Crippen LogP contribution in [-0.4, -0.2) is 35.1 Å². The summed E-state index contributed by atoms with van der Waals surface area (Å²) in [5.74, 6) is -0.538. The first-order valence-corrected chi connectivity index (χ1v) is 6.54. The smallest absolute Gasteiger partial charge is 0.407 e. The van der Waals surface area contributed by atoms with E-state index >= 15 is 0 Å². The second-order valence-corrected chi connectivity index (χ2v) is 4.79. The third kappa shape index (κ3) is 3.87. The van der Waals surface area contributed by atoms with Crippen molar-refractivity contribution >= 4 is 23.4 Å². The van der Waals surface area contributed by atoms with E-state index in [4.69, 9.17) is 10.6 Å². The molecule has 110 valence electrons. The Morgan fingerprint density at radius 1 is 1.38 bits per heavy atom. The molecule has 0 radical (unpaired) electrons. The molecule has 0 aromatic heterocycles. The van der Waals surface area contributed by atoms with Crippen molar-refractivity contribution in [1.29, 1.82) is 0 Å². The summed E-state index contributed by atoms with van der Waals surface area (Å²) < 4.78 is 0. The molecule has 1 aliphatic rings. The first-order chi connectivity index (χ1) is 10.1. The Hall–Kier alpha value is -2.73. The average molecular weight is 289 g/mol. The fraction of sp³-hybridized carbons (Fsp3) is 0.385. The highest BCUT2D eigenvalue weighted by molar-refractivity contribution is 5.93. The molecule has 2 N–H and O–H groups in total. The molecule has 8 nitrogen and oxygen atoms in total. The quantitative estimate of drug-likeness (QED) is 0.505. The second kappa shape index (κ2) is 6.62. The summed E-state index contributed by atoms with van der Waals surface area (Å²) in [5.41, 5.74) is 9.36. The molecule has 1 aliphatic heterocycles. The van der Waals surface area contributed by atoms with Gasteiger partial charge in [0.2, 0.25) is 5.91 Å². The van der Waals surface area contributed by atoms with Gasteiger partial charge in [-0.2, -0.15) is 0 Å². The van der Waals surface area contributed by atoms with Gasteiger partial charge >= 0.3 is 6.09 Å². The fourth-order valence-electron chi connectivity index (χ4n) is 2.27. The van der Waals surface area contributed by atoms with E-state index in [9.17, 15) is 9.59 Å². The summed E-state index contributed by atoms with van der Waals surface area (Å²) in [6.45, 7) is 0.692. The zero-order chi connectivity index (χ0) is 15.2. The van der Waals surface area contributed by atoms with Gasteiger partial charge in [-0.25, -0.2) is 4.79 Å². The van der Waals surface area contributed by atoms with Crippen LogP contribution in [0.4, 0.5) is 16.2 Å². The van der Waals surface area contributed by atoms with Gasteiger partial charge in [-0.05, 0) is 30.5 Å². The van der Waals surface area contributed by atoms with Crippen molar-refractivity contribution < 1.29 is 14.7 Å². The van der Waals surface area contributed by atoms with Crippen molar-refractivity contribution in [3.63, 3.8) is 0 Å². The molecule has 8 heteroatoms. The minimum absolute atomic E-state index is 0.197. The molecule has 1 fully saturated rings. The van der Waals surface area contributed by atoms with E-state index in [1.165, 1.54) is 4.90 Å². The van der Waals surface area contributed by atoms with Crippen LogP contribution in [0.3, 0.4) is 0 Å². The second-order valence-electron chi connectivity index (χ2n) is 4.79. The first kappa shape index (κ1) is 14.7. The molecular formula is C13H15N5O3. The van der Waals surface area contributed by atoms with Crippen LogP contribution in [-0.2, 0) is 4.79 Å². The van der Waals surface area contributed by atoms with Crippen LogP contribution < -0.4 is 5.32 Å². The van der Waals surface area contributed by atoms with E-state index < -0.39 is 6.09 Å². The summed E-state index contributed by atoms with van der Waals surface area (Å²) in [6.07, 6.45) is 0.360. The number of azide groups is 1. The molecular weight excluding hydrogens is 274 g/mol. The summed E-state index contributed by atoms with van der Waals surface area (Å²) in [7, 11) is 0. The number of nitrogens with one attached hydrogen (secondary N) is 1. The van der Waals surface area contributed by atoms with E-state index in [0.717, 1.165) is 0 Å². The number of carbonyl (C=O) groups excluding carboxylic acids is 1. The molecule has 0 spiro atoms. The number of anilines is 1. The van der Waals surface area contributed by atoms with Crippen LogP contribution in [0.5, 0.6) is 0 Å². The molecule has 1 aromatic rings. The summed E-state index contributed by atoms with van der Waals surface area (Å²) in [4.78, 5) is 27.0. The highest BCUT2D eigenvalue weighted by Crippen LogP contribution is 2.20. The number of amides is 2. The lowest BCUT2D eigenvalue weighted by molar-refractivity contribution is -0.121. The highest BCUT2D eigenvalue weighted by Gasteiger charge is 2.28. The maximum Gasteiger partial charge on any atom is 0.407 e. The molecule has 21 heavy (non-hydrogen) atoms. The van der Waals surface area contributed by atoms with Gasteiger partial charge in [-0.1, -0.05) is 17.2 Å². The molecule has 2 amide bonds. The third-order valence-corrected chi connectivity index (χ3v) is 3.36. The normalized spacial score (nSPS) is 17.7. The van der Waals surface area contributed by atoms with Gasteiger partial charge in [-0.3, -0.25) is 4.79 Å². The number of piperidine rings is 1. The Kier molecular flexibility index (Phi) is 4.63. The summed E-state index contributed by atoms with van der Waals surface area (Å²) in [6, 6.07) is 6.47. The number of carbonyl (C=O) groups is 2. The van der Waals surface area contributed by atoms with Crippen LogP contribution >= 0.6 is 0 Å². The molecule has 0 saturated carbocycles. The van der Waals surface area contributed by atoms with E-state index in [1.807, 2.05) is 0 Å². The van der Waals surface area contributed by atoms with Crippen LogP contribution in [0.2, 0.25) is 0 Å². The molecule has 2 rings (SSSR count). The van der Waals surface area contributed by atoms with Crippen molar-refractivity contribution in [2.45, 2.75) is 12.8 Å². The Bertz CT molecular complexity index is 580. The van der Waals surface area contributed by atoms with Gasteiger partial charge in [-0.15, -0.1) is 0 Å². The molecule has 1 saturated heterocycles. The number of hydrogen-bond acceptors (Lipinski definition) is 3. The maximum absolute atomic E-state index is 12.1. The fourth-order valence-corrected chi connectivity index (χ4v) is 2.27. The predicted octanol–water partition coefficient (Wildman–Crippen LogP) is 2.96. The molecule has 1 aromatic carbocycles.